The number of hydrogen-bond donors (Lipinski definition) is 1. The summed E-state index contributed by atoms with van der Waals surface area (Å²) in [7, 11) is -1.49. The molecule has 0 aromatic carbocycles. The van der Waals surface area contributed by atoms with Gasteiger partial charge in [0.1, 0.15) is 0 Å². The van der Waals surface area contributed by atoms with E-state index in [2.05, 4.69) is 0 Å². The lowest BCUT2D eigenvalue weighted by Gasteiger charge is -2.30. The normalized spacial score (nSPS) is 13.6. The van der Waals surface area contributed by atoms with Gasteiger partial charge in [-0.1, -0.05) is 0 Å². The fourth-order valence-corrected chi connectivity index (χ4v) is 2.05. The Bertz CT molecular complexity index is 184. The van der Waals surface area contributed by atoms with Crippen molar-refractivity contribution in [2.75, 3.05) is 6.16 Å². The Kier molecular flexibility index (Phi) is 7.04. The van der Waals surface area contributed by atoms with Gasteiger partial charge in [-0.15, -0.1) is 0 Å². The van der Waals surface area contributed by atoms with Gasteiger partial charge in [0.05, 0.1) is 6.07 Å². The Balaban J connectivity index is 3.98. The maximum atomic E-state index is 9.50. The van der Waals surface area contributed by atoms with Crippen molar-refractivity contribution < 1.29 is 9.52 Å². The summed E-state index contributed by atoms with van der Waals surface area (Å²) in [6.45, 7) is 8.03. The van der Waals surface area contributed by atoms with Gasteiger partial charge >= 0.3 is 0 Å². The summed E-state index contributed by atoms with van der Waals surface area (Å²) in [6, 6.07) is 2.45. The van der Waals surface area contributed by atoms with Crippen LogP contribution in [0.3, 0.4) is 0 Å². The lowest BCUT2D eigenvalue weighted by molar-refractivity contribution is -0.109. The highest BCUT2D eigenvalue weighted by Crippen LogP contribution is 2.34. The summed E-state index contributed by atoms with van der Waals surface area (Å²) < 4.78 is 5.38. The highest BCUT2D eigenvalue weighted by atomic mass is 31.2. The fraction of sp³-hybridized carbons (Fsp3) is 0.889. The van der Waals surface area contributed by atoms with Crippen molar-refractivity contribution in [2.45, 2.75) is 46.2 Å². The van der Waals surface area contributed by atoms with Crippen LogP contribution in [0, 0.1) is 11.3 Å². The van der Waals surface area contributed by atoms with Gasteiger partial charge in [0, 0.05) is 24.7 Å². The second-order valence-corrected chi connectivity index (χ2v) is 4.93. The number of nitrogens with zero attached hydrogens (tertiary/aromatic N) is 2. The van der Waals surface area contributed by atoms with Crippen LogP contribution < -0.4 is 0 Å². The molecule has 14 heavy (non-hydrogen) atoms. The highest BCUT2D eigenvalue weighted by molar-refractivity contribution is 7.46. The van der Waals surface area contributed by atoms with Crippen LogP contribution in [0.15, 0.2) is 0 Å². The Morgan fingerprint density at radius 3 is 2.21 bits per heavy atom. The first-order valence-electron chi connectivity index (χ1n) is 4.78. The lowest BCUT2D eigenvalue weighted by Crippen LogP contribution is -2.35. The molecule has 0 spiro atoms. The molecular weight excluding hydrogens is 199 g/mol. The van der Waals surface area contributed by atoms with Crippen molar-refractivity contribution in [1.82, 2.24) is 5.06 Å². The van der Waals surface area contributed by atoms with Gasteiger partial charge in [0.25, 0.3) is 0 Å². The van der Waals surface area contributed by atoms with Crippen molar-refractivity contribution in [2.24, 2.45) is 0 Å². The summed E-state index contributed by atoms with van der Waals surface area (Å²) in [4.78, 5) is 9.50. The van der Waals surface area contributed by atoms with Crippen molar-refractivity contribution in [1.29, 1.82) is 5.26 Å². The molecule has 0 heterocycles. The predicted molar refractivity (Wildman–Crippen MR) is 57.4 cm³/mol. The van der Waals surface area contributed by atoms with E-state index in [0.29, 0.717) is 12.6 Å². The SMILES string of the molecule is CC(C)N(OP(O)CCC#N)C(C)C. The van der Waals surface area contributed by atoms with Crippen molar-refractivity contribution in [3.05, 3.63) is 0 Å². The lowest BCUT2D eigenvalue weighted by atomic mass is 10.3. The topological polar surface area (TPSA) is 56.5 Å². The van der Waals surface area contributed by atoms with Gasteiger partial charge in [0.15, 0.2) is 8.38 Å². The zero-order chi connectivity index (χ0) is 11.1. The number of nitriles is 1. The minimum atomic E-state index is -1.49. The second-order valence-electron chi connectivity index (χ2n) is 3.61. The van der Waals surface area contributed by atoms with E-state index in [4.69, 9.17) is 9.89 Å². The second kappa shape index (κ2) is 7.14. The molecule has 1 atom stereocenters. The van der Waals surface area contributed by atoms with Crippen LogP contribution in [0.2, 0.25) is 0 Å². The average molecular weight is 218 g/mol. The third-order valence-corrected chi connectivity index (χ3v) is 2.60. The molecule has 0 fully saturated rings. The molecule has 0 aromatic rings. The van der Waals surface area contributed by atoms with E-state index in [9.17, 15) is 4.89 Å². The molecule has 0 aliphatic heterocycles. The third kappa shape index (κ3) is 5.51. The molecule has 82 valence electrons. The van der Waals surface area contributed by atoms with Crippen molar-refractivity contribution >= 4 is 8.38 Å². The first-order chi connectivity index (χ1) is 6.49. The van der Waals surface area contributed by atoms with Gasteiger partial charge in [-0.25, -0.2) is 4.62 Å². The zero-order valence-electron chi connectivity index (χ0n) is 9.27. The Labute approximate surface area is 87.3 Å². The molecule has 0 aliphatic carbocycles. The molecular formula is C9H19N2O2P. The minimum absolute atomic E-state index is 0.231. The Morgan fingerprint density at radius 2 is 1.86 bits per heavy atom. The number of rotatable bonds is 6. The van der Waals surface area contributed by atoms with Crippen LogP contribution in [0.1, 0.15) is 34.1 Å². The first kappa shape index (κ1) is 13.8. The van der Waals surface area contributed by atoms with E-state index in [1.165, 1.54) is 0 Å². The summed E-state index contributed by atoms with van der Waals surface area (Å²) in [6.07, 6.45) is 0.758. The van der Waals surface area contributed by atoms with Gasteiger partial charge in [-0.05, 0) is 27.7 Å². The van der Waals surface area contributed by atoms with Crippen LogP contribution in [0.5, 0.6) is 0 Å². The molecule has 0 radical (unpaired) electrons. The zero-order valence-corrected chi connectivity index (χ0v) is 10.2. The minimum Gasteiger partial charge on any atom is -0.349 e. The molecule has 0 saturated heterocycles. The summed E-state index contributed by atoms with van der Waals surface area (Å²) >= 11 is 0. The first-order valence-corrected chi connectivity index (χ1v) is 6.18. The smallest absolute Gasteiger partial charge is 0.190 e. The van der Waals surface area contributed by atoms with E-state index in [-0.39, 0.29) is 12.1 Å². The standard InChI is InChI=1S/C9H19N2O2P/c1-8(2)11(9(3)4)13-14(12)7-5-6-10/h8-9,12H,5,7H2,1-4H3. The van der Waals surface area contributed by atoms with Gasteiger partial charge in [0.2, 0.25) is 0 Å². The van der Waals surface area contributed by atoms with E-state index in [0.717, 1.165) is 0 Å². The van der Waals surface area contributed by atoms with E-state index < -0.39 is 8.38 Å². The van der Waals surface area contributed by atoms with Gasteiger partial charge < -0.3 is 4.89 Å². The number of hydroxylamine groups is 2. The average Bonchev–Trinajstić information content (AvgIpc) is 2.09. The van der Waals surface area contributed by atoms with E-state index in [1.807, 2.05) is 33.8 Å². The van der Waals surface area contributed by atoms with Crippen LogP contribution in [0.4, 0.5) is 0 Å². The maximum Gasteiger partial charge on any atom is 0.190 e. The Hall–Kier alpha value is -0.200. The van der Waals surface area contributed by atoms with Crippen LogP contribution >= 0.6 is 8.38 Å². The maximum absolute atomic E-state index is 9.50. The van der Waals surface area contributed by atoms with Crippen LogP contribution in [0.25, 0.3) is 0 Å². The molecule has 4 nitrogen and oxygen atoms in total. The van der Waals surface area contributed by atoms with Gasteiger partial charge in [-0.2, -0.15) is 10.3 Å². The molecule has 0 rings (SSSR count). The molecule has 1 N–H and O–H groups in total. The van der Waals surface area contributed by atoms with Crippen molar-refractivity contribution in [3.8, 4) is 6.07 Å². The molecule has 5 heteroatoms. The highest BCUT2D eigenvalue weighted by Gasteiger charge is 2.18. The summed E-state index contributed by atoms with van der Waals surface area (Å²) in [5.41, 5.74) is 0. The van der Waals surface area contributed by atoms with Gasteiger partial charge in [-0.3, -0.25) is 0 Å². The molecule has 0 aromatic heterocycles. The predicted octanol–water partition coefficient (Wildman–Crippen LogP) is 2.25. The van der Waals surface area contributed by atoms with E-state index in [1.54, 1.807) is 5.06 Å². The molecule has 0 aliphatic rings. The van der Waals surface area contributed by atoms with Crippen LogP contribution in [-0.2, 0) is 4.62 Å². The fourth-order valence-electron chi connectivity index (χ4n) is 1.08. The molecule has 0 bridgehead atoms. The van der Waals surface area contributed by atoms with Crippen LogP contribution in [-0.4, -0.2) is 28.2 Å². The summed E-state index contributed by atoms with van der Waals surface area (Å²) in [5.74, 6) is 0. The monoisotopic (exact) mass is 218 g/mol. The molecule has 1 unspecified atom stereocenters. The molecule has 0 amide bonds. The number of hydrogen-bond acceptors (Lipinski definition) is 4. The Morgan fingerprint density at radius 1 is 1.36 bits per heavy atom. The summed E-state index contributed by atoms with van der Waals surface area (Å²) in [5, 5.41) is 10.1. The van der Waals surface area contributed by atoms with E-state index >= 15 is 0 Å². The quantitative estimate of drug-likeness (QED) is 0.548. The third-order valence-electron chi connectivity index (χ3n) is 1.62. The largest absolute Gasteiger partial charge is 0.349 e. The van der Waals surface area contributed by atoms with Crippen molar-refractivity contribution in [3.63, 3.8) is 0 Å². The molecule has 0 saturated carbocycles.